The molecule has 1 N–H and O–H groups in total. The van der Waals surface area contributed by atoms with Crippen molar-refractivity contribution in [1.82, 2.24) is 9.13 Å². The summed E-state index contributed by atoms with van der Waals surface area (Å²) in [4.78, 5) is 28.2. The van der Waals surface area contributed by atoms with Crippen LogP contribution in [0, 0.1) is 0 Å². The molecule has 0 radical (unpaired) electrons. The number of aryl methyl sites for hydroxylation is 2. The Bertz CT molecular complexity index is 1220. The van der Waals surface area contributed by atoms with Crippen molar-refractivity contribution < 1.29 is 14.3 Å². The highest BCUT2D eigenvalue weighted by atomic mass is 16.7. The van der Waals surface area contributed by atoms with Crippen LogP contribution in [0.4, 0.5) is 11.4 Å². The van der Waals surface area contributed by atoms with Gasteiger partial charge in [0.2, 0.25) is 6.79 Å². The van der Waals surface area contributed by atoms with Gasteiger partial charge in [-0.25, -0.2) is 4.79 Å². The van der Waals surface area contributed by atoms with Crippen LogP contribution in [0.15, 0.2) is 35.1 Å². The summed E-state index contributed by atoms with van der Waals surface area (Å²) in [6, 6.07) is 9.16. The Morgan fingerprint density at radius 2 is 1.65 bits per heavy atom. The molecule has 1 aromatic heterocycles. The van der Waals surface area contributed by atoms with Gasteiger partial charge in [-0.2, -0.15) is 0 Å². The molecule has 8 nitrogen and oxygen atoms in total. The summed E-state index contributed by atoms with van der Waals surface area (Å²) < 4.78 is 14.3. The predicted molar refractivity (Wildman–Crippen MR) is 120 cm³/mol. The van der Waals surface area contributed by atoms with E-state index in [1.165, 1.54) is 0 Å². The van der Waals surface area contributed by atoms with Gasteiger partial charge >= 0.3 is 5.69 Å². The molecule has 1 fully saturated rings. The summed E-state index contributed by atoms with van der Waals surface area (Å²) in [7, 11) is 0. The fourth-order valence-electron chi connectivity index (χ4n) is 4.51. The van der Waals surface area contributed by atoms with E-state index >= 15 is 0 Å². The number of nitrogens with one attached hydrogen (secondary N) is 1. The smallest absolute Gasteiger partial charge is 0.329 e. The average molecular weight is 422 g/mol. The molecular formula is C23H26N4O4. The number of carbonyl (C=O) groups is 1. The quantitative estimate of drug-likeness (QED) is 0.682. The van der Waals surface area contributed by atoms with Gasteiger partial charge in [0.15, 0.2) is 11.5 Å². The molecule has 0 atom stereocenters. The van der Waals surface area contributed by atoms with Gasteiger partial charge in [0.05, 0.1) is 22.4 Å². The molecule has 1 saturated heterocycles. The van der Waals surface area contributed by atoms with Crippen LogP contribution in [0.5, 0.6) is 11.5 Å². The van der Waals surface area contributed by atoms with E-state index in [2.05, 4.69) is 10.2 Å². The van der Waals surface area contributed by atoms with E-state index in [0.717, 1.165) is 42.7 Å². The zero-order valence-electron chi connectivity index (χ0n) is 17.8. The van der Waals surface area contributed by atoms with E-state index in [-0.39, 0.29) is 18.4 Å². The minimum absolute atomic E-state index is 0.0216. The number of rotatable bonds is 5. The lowest BCUT2D eigenvalue weighted by Gasteiger charge is -2.22. The minimum atomic E-state index is -0.224. The summed E-state index contributed by atoms with van der Waals surface area (Å²) in [5.74, 6) is 0.990. The lowest BCUT2D eigenvalue weighted by Crippen LogP contribution is -2.23. The first-order valence-electron chi connectivity index (χ1n) is 10.8. The number of amides is 1. The first-order valence-corrected chi connectivity index (χ1v) is 10.8. The Morgan fingerprint density at radius 1 is 0.968 bits per heavy atom. The van der Waals surface area contributed by atoms with Crippen LogP contribution in [0.25, 0.3) is 11.0 Å². The van der Waals surface area contributed by atoms with Crippen molar-refractivity contribution in [2.24, 2.45) is 0 Å². The molecule has 0 saturated carbocycles. The van der Waals surface area contributed by atoms with Gasteiger partial charge in [-0.3, -0.25) is 13.9 Å². The summed E-state index contributed by atoms with van der Waals surface area (Å²) in [6.07, 6.45) is 2.23. The monoisotopic (exact) mass is 422 g/mol. The second-order valence-corrected chi connectivity index (χ2v) is 7.85. The number of hydrogen-bond acceptors (Lipinski definition) is 5. The Hall–Kier alpha value is -3.42. The van der Waals surface area contributed by atoms with Crippen molar-refractivity contribution in [2.75, 3.05) is 30.1 Å². The first-order chi connectivity index (χ1) is 15.1. The standard InChI is InChI=1S/C23H26N4O4/c1-3-26-18-12-16(24-22(28)15-7-8-20-21(11-15)31-14-30-20)17(25-9-5-6-10-25)13-19(18)27(4-2)23(26)29/h7-8,11-13H,3-6,9-10,14H2,1-2H3,(H,24,28). The van der Waals surface area contributed by atoms with Crippen LogP contribution in [0.1, 0.15) is 37.0 Å². The molecule has 0 bridgehead atoms. The minimum Gasteiger partial charge on any atom is -0.454 e. The maximum Gasteiger partial charge on any atom is 0.329 e. The molecule has 3 heterocycles. The third-order valence-corrected chi connectivity index (χ3v) is 6.10. The third-order valence-electron chi connectivity index (χ3n) is 6.10. The Labute approximate surface area is 180 Å². The van der Waals surface area contributed by atoms with Gasteiger partial charge in [0.25, 0.3) is 5.91 Å². The van der Waals surface area contributed by atoms with E-state index in [4.69, 9.17) is 9.47 Å². The summed E-state index contributed by atoms with van der Waals surface area (Å²) in [5, 5.41) is 3.08. The van der Waals surface area contributed by atoms with Crippen molar-refractivity contribution in [2.45, 2.75) is 39.8 Å². The number of anilines is 2. The van der Waals surface area contributed by atoms with E-state index < -0.39 is 0 Å². The Morgan fingerprint density at radius 3 is 2.35 bits per heavy atom. The molecule has 2 aliphatic heterocycles. The molecule has 2 aromatic carbocycles. The van der Waals surface area contributed by atoms with Gasteiger partial charge in [-0.05, 0) is 57.0 Å². The summed E-state index contributed by atoms with van der Waals surface area (Å²) in [5.41, 5.74) is 3.88. The predicted octanol–water partition coefficient (Wildman–Crippen LogP) is 3.42. The number of carbonyl (C=O) groups excluding carboxylic acids is 1. The molecular weight excluding hydrogens is 396 g/mol. The van der Waals surface area contributed by atoms with Crippen LogP contribution in [0.3, 0.4) is 0 Å². The highest BCUT2D eigenvalue weighted by Crippen LogP contribution is 2.35. The molecule has 0 aliphatic carbocycles. The molecule has 1 amide bonds. The molecule has 0 unspecified atom stereocenters. The van der Waals surface area contributed by atoms with Crippen LogP contribution in [-0.2, 0) is 13.1 Å². The molecule has 31 heavy (non-hydrogen) atoms. The maximum atomic E-state index is 13.1. The number of hydrogen-bond donors (Lipinski definition) is 1. The number of imidazole rings is 1. The lowest BCUT2D eigenvalue weighted by molar-refractivity contribution is 0.102. The van der Waals surface area contributed by atoms with Crippen molar-refractivity contribution in [3.63, 3.8) is 0 Å². The highest BCUT2D eigenvalue weighted by molar-refractivity contribution is 6.07. The number of aromatic nitrogens is 2. The zero-order chi connectivity index (χ0) is 21.5. The van der Waals surface area contributed by atoms with E-state index in [1.807, 2.05) is 26.0 Å². The highest BCUT2D eigenvalue weighted by Gasteiger charge is 2.23. The Balaban J connectivity index is 1.59. The number of benzene rings is 2. The lowest BCUT2D eigenvalue weighted by atomic mass is 10.1. The first kappa shape index (κ1) is 19.5. The van der Waals surface area contributed by atoms with Gasteiger partial charge in [0.1, 0.15) is 0 Å². The fraction of sp³-hybridized carbons (Fsp3) is 0.391. The number of nitrogens with zero attached hydrogens (tertiary/aromatic N) is 3. The molecule has 3 aromatic rings. The average Bonchev–Trinajstić information content (AvgIpc) is 3.51. The van der Waals surface area contributed by atoms with Gasteiger partial charge in [-0.1, -0.05) is 0 Å². The van der Waals surface area contributed by atoms with Crippen LogP contribution >= 0.6 is 0 Å². The molecule has 8 heteroatoms. The summed E-state index contributed by atoms with van der Waals surface area (Å²) >= 11 is 0. The second-order valence-electron chi connectivity index (χ2n) is 7.85. The van der Waals surface area contributed by atoms with E-state index in [0.29, 0.717) is 35.8 Å². The van der Waals surface area contributed by atoms with Gasteiger partial charge in [-0.15, -0.1) is 0 Å². The molecule has 0 spiro atoms. The second kappa shape index (κ2) is 7.68. The fourth-order valence-corrected chi connectivity index (χ4v) is 4.51. The van der Waals surface area contributed by atoms with Crippen LogP contribution in [-0.4, -0.2) is 34.9 Å². The molecule has 162 valence electrons. The molecule has 2 aliphatic rings. The zero-order valence-corrected chi connectivity index (χ0v) is 17.8. The third kappa shape index (κ3) is 3.22. The molecule has 5 rings (SSSR count). The maximum absolute atomic E-state index is 13.1. The van der Waals surface area contributed by atoms with E-state index in [1.54, 1.807) is 27.3 Å². The van der Waals surface area contributed by atoms with Crippen molar-refractivity contribution in [3.05, 3.63) is 46.4 Å². The van der Waals surface area contributed by atoms with Crippen molar-refractivity contribution in [1.29, 1.82) is 0 Å². The van der Waals surface area contributed by atoms with Gasteiger partial charge < -0.3 is 19.7 Å². The largest absolute Gasteiger partial charge is 0.454 e. The normalized spacial score (nSPS) is 15.1. The number of fused-ring (bicyclic) bond motifs is 2. The van der Waals surface area contributed by atoms with Crippen molar-refractivity contribution >= 4 is 28.3 Å². The van der Waals surface area contributed by atoms with Crippen LogP contribution in [0.2, 0.25) is 0 Å². The van der Waals surface area contributed by atoms with Crippen molar-refractivity contribution in [3.8, 4) is 11.5 Å². The number of ether oxygens (including phenoxy) is 2. The summed E-state index contributed by atoms with van der Waals surface area (Å²) in [6.45, 7) is 7.14. The topological polar surface area (TPSA) is 77.7 Å². The SMILES string of the molecule is CCn1c(=O)n(CC)c2cc(N3CCCC3)c(NC(=O)c3ccc4c(c3)OCO4)cc21. The van der Waals surface area contributed by atoms with E-state index in [9.17, 15) is 9.59 Å². The van der Waals surface area contributed by atoms with Crippen LogP contribution < -0.4 is 25.4 Å². The Kier molecular flexibility index (Phi) is 4.84. The van der Waals surface area contributed by atoms with Gasteiger partial charge in [0, 0.05) is 31.7 Å².